The molecule has 0 fully saturated rings. The fourth-order valence-corrected chi connectivity index (χ4v) is 2.39. The van der Waals surface area contributed by atoms with E-state index in [9.17, 15) is 4.79 Å². The van der Waals surface area contributed by atoms with Gasteiger partial charge >= 0.3 is 0 Å². The summed E-state index contributed by atoms with van der Waals surface area (Å²) in [5.41, 5.74) is 4.39. The summed E-state index contributed by atoms with van der Waals surface area (Å²) in [6, 6.07) is 12.8. The molecule has 1 amide bonds. The Balaban J connectivity index is 1.80. The zero-order valence-electron chi connectivity index (χ0n) is 14.1. The highest BCUT2D eigenvalue weighted by Crippen LogP contribution is 2.22. The molecule has 2 rings (SSSR count). The maximum atomic E-state index is 11.8. The second kappa shape index (κ2) is 9.44. The molecule has 0 saturated carbocycles. The first-order valence-electron chi connectivity index (χ1n) is 7.99. The largest absolute Gasteiger partial charge is 0.484 e. The van der Waals surface area contributed by atoms with Gasteiger partial charge < -0.3 is 4.74 Å². The van der Waals surface area contributed by atoms with Crippen LogP contribution in [-0.2, 0) is 4.79 Å². The standard InChI is InChI=1S/C19H20Cl2N2O2/c1-3-13(2)15-5-7-16(8-6-15)25-12-19(24)23-22-11-14-4-9-17(20)18(21)10-14/h4-11,13H,3,12H2,1-2H3,(H,23,24)/b22-11-. The van der Waals surface area contributed by atoms with E-state index in [4.69, 9.17) is 27.9 Å². The lowest BCUT2D eigenvalue weighted by atomic mass is 9.99. The summed E-state index contributed by atoms with van der Waals surface area (Å²) in [6.45, 7) is 4.22. The minimum absolute atomic E-state index is 0.110. The van der Waals surface area contributed by atoms with Crippen LogP contribution < -0.4 is 10.2 Å². The Morgan fingerprint density at radius 1 is 1.20 bits per heavy atom. The van der Waals surface area contributed by atoms with Gasteiger partial charge in [0.15, 0.2) is 6.61 Å². The van der Waals surface area contributed by atoms with E-state index in [1.165, 1.54) is 11.8 Å². The monoisotopic (exact) mass is 378 g/mol. The zero-order valence-corrected chi connectivity index (χ0v) is 15.6. The molecule has 25 heavy (non-hydrogen) atoms. The molecule has 0 spiro atoms. The van der Waals surface area contributed by atoms with E-state index in [0.29, 0.717) is 21.7 Å². The molecule has 132 valence electrons. The SMILES string of the molecule is CCC(C)c1ccc(OCC(=O)N/N=C\c2ccc(Cl)c(Cl)c2)cc1. The highest BCUT2D eigenvalue weighted by molar-refractivity contribution is 6.42. The van der Waals surface area contributed by atoms with E-state index in [-0.39, 0.29) is 12.5 Å². The topological polar surface area (TPSA) is 50.7 Å². The molecule has 2 aromatic rings. The number of ether oxygens (including phenoxy) is 1. The Hall–Kier alpha value is -2.04. The molecule has 1 unspecified atom stereocenters. The minimum Gasteiger partial charge on any atom is -0.484 e. The molecule has 0 saturated heterocycles. The molecule has 1 atom stereocenters. The average molecular weight is 379 g/mol. The molecule has 0 aliphatic heterocycles. The van der Waals surface area contributed by atoms with Crippen LogP contribution in [0.25, 0.3) is 0 Å². The number of halogens is 2. The number of hydrogen-bond donors (Lipinski definition) is 1. The number of amides is 1. The summed E-state index contributed by atoms with van der Waals surface area (Å²) in [7, 11) is 0. The lowest BCUT2D eigenvalue weighted by Crippen LogP contribution is -2.24. The second-order valence-corrected chi connectivity index (χ2v) is 6.45. The quantitative estimate of drug-likeness (QED) is 0.542. The van der Waals surface area contributed by atoms with Crippen molar-refractivity contribution < 1.29 is 9.53 Å². The van der Waals surface area contributed by atoms with Gasteiger partial charge in [-0.05, 0) is 47.7 Å². The first kappa shape index (κ1) is 19.3. The van der Waals surface area contributed by atoms with Crippen LogP contribution in [0.2, 0.25) is 10.0 Å². The lowest BCUT2D eigenvalue weighted by Gasteiger charge is -2.10. The third kappa shape index (κ3) is 6.07. The van der Waals surface area contributed by atoms with Gasteiger partial charge in [0.1, 0.15) is 5.75 Å². The van der Waals surface area contributed by atoms with E-state index in [1.807, 2.05) is 24.3 Å². The molecule has 0 heterocycles. The molecule has 0 aliphatic rings. The molecule has 2 aromatic carbocycles. The van der Waals surface area contributed by atoms with Crippen molar-refractivity contribution in [3.05, 3.63) is 63.6 Å². The Morgan fingerprint density at radius 3 is 2.56 bits per heavy atom. The normalized spacial score (nSPS) is 12.2. The third-order valence-corrected chi connectivity index (χ3v) is 4.52. The van der Waals surface area contributed by atoms with Gasteiger partial charge in [-0.1, -0.05) is 55.2 Å². The molecule has 0 aliphatic carbocycles. The van der Waals surface area contributed by atoms with Crippen LogP contribution in [0.15, 0.2) is 47.6 Å². The van der Waals surface area contributed by atoms with Gasteiger partial charge in [-0.25, -0.2) is 5.43 Å². The van der Waals surface area contributed by atoms with Crippen LogP contribution in [0.3, 0.4) is 0 Å². The number of benzene rings is 2. The van der Waals surface area contributed by atoms with Gasteiger partial charge in [-0.3, -0.25) is 4.79 Å². The first-order valence-corrected chi connectivity index (χ1v) is 8.75. The maximum Gasteiger partial charge on any atom is 0.277 e. The van der Waals surface area contributed by atoms with Gasteiger partial charge in [0.2, 0.25) is 0 Å². The van der Waals surface area contributed by atoms with Crippen LogP contribution in [0.5, 0.6) is 5.75 Å². The van der Waals surface area contributed by atoms with Gasteiger partial charge in [-0.15, -0.1) is 0 Å². The first-order chi connectivity index (χ1) is 12.0. The third-order valence-electron chi connectivity index (χ3n) is 3.78. The smallest absolute Gasteiger partial charge is 0.277 e. The van der Waals surface area contributed by atoms with Crippen LogP contribution in [0, 0.1) is 0 Å². The fraction of sp³-hybridized carbons (Fsp3) is 0.263. The molecule has 1 N–H and O–H groups in total. The zero-order chi connectivity index (χ0) is 18.2. The summed E-state index contributed by atoms with van der Waals surface area (Å²) < 4.78 is 5.45. The van der Waals surface area contributed by atoms with Gasteiger partial charge in [0, 0.05) is 0 Å². The predicted octanol–water partition coefficient (Wildman–Crippen LogP) is 5.04. The number of carbonyl (C=O) groups excluding carboxylic acids is 1. The molecule has 0 aromatic heterocycles. The van der Waals surface area contributed by atoms with Crippen LogP contribution in [0.1, 0.15) is 37.3 Å². The van der Waals surface area contributed by atoms with E-state index >= 15 is 0 Å². The number of hydrazone groups is 1. The van der Waals surface area contributed by atoms with Crippen molar-refractivity contribution in [1.29, 1.82) is 0 Å². The Labute approximate surface area is 157 Å². The maximum absolute atomic E-state index is 11.8. The Morgan fingerprint density at radius 2 is 1.92 bits per heavy atom. The molecule has 0 radical (unpaired) electrons. The Kier molecular flexibility index (Phi) is 7.29. The molecular weight excluding hydrogens is 359 g/mol. The molecule has 4 nitrogen and oxygen atoms in total. The fourth-order valence-electron chi connectivity index (χ4n) is 2.08. The number of rotatable bonds is 7. The van der Waals surface area contributed by atoms with Crippen LogP contribution in [0.4, 0.5) is 0 Å². The Bertz CT molecular complexity index is 746. The highest BCUT2D eigenvalue weighted by atomic mass is 35.5. The van der Waals surface area contributed by atoms with Crippen molar-refractivity contribution in [3.63, 3.8) is 0 Å². The van der Waals surface area contributed by atoms with Crippen LogP contribution in [-0.4, -0.2) is 18.7 Å². The summed E-state index contributed by atoms with van der Waals surface area (Å²) in [4.78, 5) is 11.8. The summed E-state index contributed by atoms with van der Waals surface area (Å²) in [6.07, 6.45) is 2.57. The van der Waals surface area contributed by atoms with E-state index < -0.39 is 0 Å². The average Bonchev–Trinajstić information content (AvgIpc) is 2.62. The van der Waals surface area contributed by atoms with E-state index in [1.54, 1.807) is 18.2 Å². The molecule has 0 bridgehead atoms. The van der Waals surface area contributed by atoms with E-state index in [2.05, 4.69) is 24.4 Å². The van der Waals surface area contributed by atoms with Gasteiger partial charge in [0.25, 0.3) is 5.91 Å². The number of nitrogens with one attached hydrogen (secondary N) is 1. The van der Waals surface area contributed by atoms with Crippen molar-refractivity contribution in [2.24, 2.45) is 5.10 Å². The number of nitrogens with zero attached hydrogens (tertiary/aromatic N) is 1. The highest BCUT2D eigenvalue weighted by Gasteiger charge is 2.05. The predicted molar refractivity (Wildman–Crippen MR) is 103 cm³/mol. The lowest BCUT2D eigenvalue weighted by molar-refractivity contribution is -0.123. The van der Waals surface area contributed by atoms with E-state index in [0.717, 1.165) is 12.0 Å². The van der Waals surface area contributed by atoms with Crippen molar-refractivity contribution in [2.75, 3.05) is 6.61 Å². The minimum atomic E-state index is -0.345. The summed E-state index contributed by atoms with van der Waals surface area (Å²) >= 11 is 11.7. The molecule has 6 heteroatoms. The summed E-state index contributed by atoms with van der Waals surface area (Å²) in [5, 5.41) is 4.77. The van der Waals surface area contributed by atoms with Crippen LogP contribution >= 0.6 is 23.2 Å². The van der Waals surface area contributed by atoms with Crippen molar-refractivity contribution in [2.45, 2.75) is 26.2 Å². The van der Waals surface area contributed by atoms with Crippen molar-refractivity contribution in [3.8, 4) is 5.75 Å². The summed E-state index contributed by atoms with van der Waals surface area (Å²) in [5.74, 6) is 0.811. The second-order valence-electron chi connectivity index (χ2n) is 5.63. The molecular formula is C19H20Cl2N2O2. The van der Waals surface area contributed by atoms with Crippen molar-refractivity contribution in [1.82, 2.24) is 5.43 Å². The van der Waals surface area contributed by atoms with Gasteiger partial charge in [0.05, 0.1) is 16.3 Å². The van der Waals surface area contributed by atoms with Crippen molar-refractivity contribution >= 4 is 35.3 Å². The van der Waals surface area contributed by atoms with Gasteiger partial charge in [-0.2, -0.15) is 5.10 Å². The number of hydrogen-bond acceptors (Lipinski definition) is 3. The number of carbonyl (C=O) groups is 1.